The van der Waals surface area contributed by atoms with Gasteiger partial charge in [-0.15, -0.1) is 0 Å². The lowest BCUT2D eigenvalue weighted by molar-refractivity contribution is 0.279. The van der Waals surface area contributed by atoms with E-state index >= 15 is 0 Å². The summed E-state index contributed by atoms with van der Waals surface area (Å²) in [4.78, 5) is 0. The highest BCUT2D eigenvalue weighted by Gasteiger charge is 2.04. The standard InChI is InChI=1S/C13H17N3O2/c1-9(17-2)11(14)6-7-18-13-5-3-4-12-10(13)8-15-16-12/h3-5,8H,6-7,14H2,1-2H3,(H,15,16)/b11-9-. The Morgan fingerprint density at radius 3 is 3.06 bits per heavy atom. The van der Waals surface area contributed by atoms with Gasteiger partial charge in [0.1, 0.15) is 11.5 Å². The summed E-state index contributed by atoms with van der Waals surface area (Å²) in [6.45, 7) is 2.35. The van der Waals surface area contributed by atoms with Crippen molar-refractivity contribution in [1.82, 2.24) is 10.2 Å². The van der Waals surface area contributed by atoms with E-state index in [1.54, 1.807) is 13.3 Å². The number of ether oxygens (including phenoxy) is 2. The number of methoxy groups -OCH3 is 1. The number of rotatable bonds is 5. The Morgan fingerprint density at radius 2 is 2.28 bits per heavy atom. The van der Waals surface area contributed by atoms with E-state index in [1.807, 2.05) is 25.1 Å². The average molecular weight is 247 g/mol. The van der Waals surface area contributed by atoms with E-state index in [9.17, 15) is 0 Å². The van der Waals surface area contributed by atoms with Crippen molar-refractivity contribution in [3.05, 3.63) is 35.9 Å². The Morgan fingerprint density at radius 1 is 1.44 bits per heavy atom. The first-order valence-corrected chi connectivity index (χ1v) is 5.76. The maximum Gasteiger partial charge on any atom is 0.130 e. The van der Waals surface area contributed by atoms with Crippen molar-refractivity contribution in [3.63, 3.8) is 0 Å². The van der Waals surface area contributed by atoms with Crippen LogP contribution in [0.15, 0.2) is 35.9 Å². The Labute approximate surface area is 106 Å². The second-order valence-electron chi connectivity index (χ2n) is 3.97. The molecule has 2 rings (SSSR count). The van der Waals surface area contributed by atoms with E-state index in [2.05, 4.69) is 10.2 Å². The molecule has 3 N–H and O–H groups in total. The molecule has 96 valence electrons. The number of aromatic nitrogens is 2. The highest BCUT2D eigenvalue weighted by atomic mass is 16.5. The molecule has 5 nitrogen and oxygen atoms in total. The molecule has 0 amide bonds. The quantitative estimate of drug-likeness (QED) is 0.794. The number of allylic oxidation sites excluding steroid dienone is 1. The van der Waals surface area contributed by atoms with Crippen LogP contribution >= 0.6 is 0 Å². The fourth-order valence-corrected chi connectivity index (χ4v) is 1.64. The lowest BCUT2D eigenvalue weighted by Crippen LogP contribution is -2.08. The van der Waals surface area contributed by atoms with Crippen LogP contribution in [0.4, 0.5) is 0 Å². The predicted octanol–water partition coefficient (Wildman–Crippen LogP) is 2.17. The third-order valence-corrected chi connectivity index (χ3v) is 2.83. The van der Waals surface area contributed by atoms with Crippen LogP contribution < -0.4 is 10.5 Å². The number of aromatic amines is 1. The minimum atomic E-state index is 0.511. The summed E-state index contributed by atoms with van der Waals surface area (Å²) in [5, 5.41) is 7.87. The first kappa shape index (κ1) is 12.3. The fourth-order valence-electron chi connectivity index (χ4n) is 1.64. The zero-order chi connectivity index (χ0) is 13.0. The van der Waals surface area contributed by atoms with Gasteiger partial charge in [-0.3, -0.25) is 5.10 Å². The summed E-state index contributed by atoms with van der Waals surface area (Å²) >= 11 is 0. The van der Waals surface area contributed by atoms with Crippen molar-refractivity contribution in [1.29, 1.82) is 0 Å². The van der Waals surface area contributed by atoms with Gasteiger partial charge in [-0.1, -0.05) is 6.07 Å². The molecule has 0 aliphatic carbocycles. The molecule has 5 heteroatoms. The maximum absolute atomic E-state index is 5.84. The molecule has 0 unspecified atom stereocenters. The maximum atomic E-state index is 5.84. The summed E-state index contributed by atoms with van der Waals surface area (Å²) in [5.41, 5.74) is 7.51. The summed E-state index contributed by atoms with van der Waals surface area (Å²) in [6, 6.07) is 5.80. The number of benzene rings is 1. The molecule has 18 heavy (non-hydrogen) atoms. The van der Waals surface area contributed by atoms with Gasteiger partial charge >= 0.3 is 0 Å². The SMILES string of the molecule is CO/C(C)=C(\N)CCOc1cccc2[nH]ncc12. The fraction of sp³-hybridized carbons (Fsp3) is 0.308. The molecule has 0 aliphatic heterocycles. The van der Waals surface area contributed by atoms with Gasteiger partial charge in [0.05, 0.1) is 30.8 Å². The Bertz CT molecular complexity index is 560. The second-order valence-corrected chi connectivity index (χ2v) is 3.97. The van der Waals surface area contributed by atoms with E-state index in [4.69, 9.17) is 15.2 Å². The normalized spacial score (nSPS) is 12.3. The minimum absolute atomic E-state index is 0.511. The topological polar surface area (TPSA) is 73.2 Å². The molecule has 1 aromatic heterocycles. The van der Waals surface area contributed by atoms with Crippen LogP contribution in [0, 0.1) is 0 Å². The van der Waals surface area contributed by atoms with E-state index in [0.717, 1.165) is 22.4 Å². The van der Waals surface area contributed by atoms with Crippen LogP contribution in [0.3, 0.4) is 0 Å². The van der Waals surface area contributed by atoms with Gasteiger partial charge in [0.2, 0.25) is 0 Å². The number of hydrogen-bond acceptors (Lipinski definition) is 4. The third kappa shape index (κ3) is 2.56. The molecule has 0 bridgehead atoms. The average Bonchev–Trinajstić information content (AvgIpc) is 2.86. The van der Waals surface area contributed by atoms with E-state index in [0.29, 0.717) is 18.7 Å². The van der Waals surface area contributed by atoms with E-state index < -0.39 is 0 Å². The molecule has 0 fully saturated rings. The molecule has 0 saturated carbocycles. The minimum Gasteiger partial charge on any atom is -0.500 e. The molecule has 0 aliphatic rings. The number of H-pyrrole nitrogens is 1. The highest BCUT2D eigenvalue weighted by Crippen LogP contribution is 2.23. The molecule has 1 aromatic carbocycles. The summed E-state index contributed by atoms with van der Waals surface area (Å²) in [7, 11) is 1.61. The molecule has 0 saturated heterocycles. The Hall–Kier alpha value is -2.17. The van der Waals surface area contributed by atoms with Crippen LogP contribution in [0.25, 0.3) is 10.9 Å². The number of nitrogens with one attached hydrogen (secondary N) is 1. The van der Waals surface area contributed by atoms with Crippen LogP contribution in [0.1, 0.15) is 13.3 Å². The third-order valence-electron chi connectivity index (χ3n) is 2.83. The Balaban J connectivity index is 2.01. The molecule has 1 heterocycles. The zero-order valence-corrected chi connectivity index (χ0v) is 10.6. The van der Waals surface area contributed by atoms with Crippen molar-refractivity contribution >= 4 is 10.9 Å². The second kappa shape index (κ2) is 5.44. The van der Waals surface area contributed by atoms with Crippen LogP contribution in [-0.2, 0) is 4.74 Å². The molecule has 0 atom stereocenters. The highest BCUT2D eigenvalue weighted by molar-refractivity contribution is 5.84. The predicted molar refractivity (Wildman–Crippen MR) is 70.1 cm³/mol. The first-order valence-electron chi connectivity index (χ1n) is 5.76. The molecule has 0 spiro atoms. The largest absolute Gasteiger partial charge is 0.500 e. The number of fused-ring (bicyclic) bond motifs is 1. The van der Waals surface area contributed by atoms with Gasteiger partial charge in [-0.05, 0) is 19.1 Å². The lowest BCUT2D eigenvalue weighted by atomic mass is 10.2. The molecular formula is C13H17N3O2. The zero-order valence-electron chi connectivity index (χ0n) is 10.6. The summed E-state index contributed by atoms with van der Waals surface area (Å²) in [5.74, 6) is 1.55. The van der Waals surface area contributed by atoms with Crippen molar-refractivity contribution in [2.45, 2.75) is 13.3 Å². The monoisotopic (exact) mass is 247 g/mol. The van der Waals surface area contributed by atoms with Crippen molar-refractivity contribution < 1.29 is 9.47 Å². The number of nitrogens with two attached hydrogens (primary N) is 1. The van der Waals surface area contributed by atoms with Gasteiger partial charge in [-0.2, -0.15) is 5.10 Å². The summed E-state index contributed by atoms with van der Waals surface area (Å²) < 4.78 is 10.8. The van der Waals surface area contributed by atoms with Crippen molar-refractivity contribution in [3.8, 4) is 5.75 Å². The Kier molecular flexibility index (Phi) is 3.72. The van der Waals surface area contributed by atoms with Crippen LogP contribution in [0.2, 0.25) is 0 Å². The van der Waals surface area contributed by atoms with Crippen molar-refractivity contribution in [2.24, 2.45) is 5.73 Å². The lowest BCUT2D eigenvalue weighted by Gasteiger charge is -2.09. The van der Waals surface area contributed by atoms with Gasteiger partial charge in [0.25, 0.3) is 0 Å². The van der Waals surface area contributed by atoms with E-state index in [-0.39, 0.29) is 0 Å². The van der Waals surface area contributed by atoms with Crippen LogP contribution in [0.5, 0.6) is 5.75 Å². The van der Waals surface area contributed by atoms with Gasteiger partial charge in [0, 0.05) is 12.1 Å². The van der Waals surface area contributed by atoms with Gasteiger partial charge in [0.15, 0.2) is 0 Å². The number of hydrogen-bond donors (Lipinski definition) is 2. The van der Waals surface area contributed by atoms with Gasteiger partial charge in [-0.25, -0.2) is 0 Å². The smallest absolute Gasteiger partial charge is 0.130 e. The van der Waals surface area contributed by atoms with Crippen molar-refractivity contribution in [2.75, 3.05) is 13.7 Å². The molecule has 2 aromatic rings. The van der Waals surface area contributed by atoms with Crippen LogP contribution in [-0.4, -0.2) is 23.9 Å². The molecule has 0 radical (unpaired) electrons. The van der Waals surface area contributed by atoms with E-state index in [1.165, 1.54) is 0 Å². The summed E-state index contributed by atoms with van der Waals surface area (Å²) in [6.07, 6.45) is 2.39. The number of nitrogens with zero attached hydrogens (tertiary/aromatic N) is 1. The first-order chi connectivity index (χ1) is 8.72. The van der Waals surface area contributed by atoms with Gasteiger partial charge < -0.3 is 15.2 Å². The molecular weight excluding hydrogens is 230 g/mol.